The molecule has 0 bridgehead atoms. The maximum atomic E-state index is 14.3. The number of hydrogen-bond donors (Lipinski definition) is 2. The Morgan fingerprint density at radius 3 is 2.34 bits per heavy atom. The van der Waals surface area contributed by atoms with Crippen molar-refractivity contribution in [2.75, 3.05) is 11.4 Å². The number of nitrogens with one attached hydrogen (secondary N) is 1. The standard InChI is InChI=1S/C31H28F2N2O2S/c1-19(2)14-23-18-35(24-6-4-3-5-7-24)29-16-25(20-8-11-22(32)12-9-20)26(17-30(29)38-34-23)21-10-13-28(33)27(15-21)31(36)37/h3-13,15-17,19,23,34H,14,18H2,1-2H3,(H,36,37)/t23-/m1/s1. The van der Waals surface area contributed by atoms with Crippen LogP contribution in [-0.2, 0) is 0 Å². The lowest BCUT2D eigenvalue weighted by Crippen LogP contribution is -2.35. The summed E-state index contributed by atoms with van der Waals surface area (Å²) in [6.07, 6.45) is 0.988. The summed E-state index contributed by atoms with van der Waals surface area (Å²) >= 11 is 1.54. The maximum absolute atomic E-state index is 14.3. The van der Waals surface area contributed by atoms with Crippen molar-refractivity contribution < 1.29 is 18.7 Å². The number of hydrogen-bond acceptors (Lipinski definition) is 4. The van der Waals surface area contributed by atoms with Crippen LogP contribution in [-0.4, -0.2) is 23.7 Å². The van der Waals surface area contributed by atoms with Gasteiger partial charge in [-0.25, -0.2) is 13.6 Å². The molecule has 1 atom stereocenters. The van der Waals surface area contributed by atoms with Gasteiger partial charge in [-0.3, -0.25) is 4.72 Å². The third-order valence-electron chi connectivity index (χ3n) is 6.62. The molecule has 38 heavy (non-hydrogen) atoms. The highest BCUT2D eigenvalue weighted by Gasteiger charge is 2.26. The summed E-state index contributed by atoms with van der Waals surface area (Å²) in [5.41, 5.74) is 4.54. The first-order valence-corrected chi connectivity index (χ1v) is 13.3. The number of carbonyl (C=O) groups is 1. The van der Waals surface area contributed by atoms with Gasteiger partial charge >= 0.3 is 5.97 Å². The number of rotatable bonds is 6. The van der Waals surface area contributed by atoms with E-state index in [2.05, 4.69) is 41.7 Å². The summed E-state index contributed by atoms with van der Waals surface area (Å²) < 4.78 is 31.7. The smallest absolute Gasteiger partial charge is 0.338 e. The first-order valence-electron chi connectivity index (χ1n) is 12.5. The fourth-order valence-electron chi connectivity index (χ4n) is 4.87. The van der Waals surface area contributed by atoms with Gasteiger partial charge < -0.3 is 10.0 Å². The van der Waals surface area contributed by atoms with Crippen LogP contribution in [0.4, 0.5) is 20.2 Å². The highest BCUT2D eigenvalue weighted by molar-refractivity contribution is 7.97. The molecule has 0 saturated heterocycles. The number of aromatic carboxylic acids is 1. The molecule has 7 heteroatoms. The molecular formula is C31H28F2N2O2S. The van der Waals surface area contributed by atoms with E-state index in [0.29, 0.717) is 11.5 Å². The molecule has 0 aliphatic carbocycles. The van der Waals surface area contributed by atoms with Gasteiger partial charge in [-0.1, -0.05) is 50.2 Å². The summed E-state index contributed by atoms with van der Waals surface area (Å²) in [5.74, 6) is -1.96. The average molecular weight is 531 g/mol. The summed E-state index contributed by atoms with van der Waals surface area (Å²) in [6, 6.07) is 24.8. The van der Waals surface area contributed by atoms with Crippen LogP contribution in [0.5, 0.6) is 0 Å². The summed E-state index contributed by atoms with van der Waals surface area (Å²) in [6.45, 7) is 5.16. The van der Waals surface area contributed by atoms with Crippen molar-refractivity contribution in [3.8, 4) is 22.3 Å². The van der Waals surface area contributed by atoms with Gasteiger partial charge in [0.15, 0.2) is 0 Å². The maximum Gasteiger partial charge on any atom is 0.338 e. The lowest BCUT2D eigenvalue weighted by atomic mass is 9.92. The summed E-state index contributed by atoms with van der Waals surface area (Å²) in [4.78, 5) is 14.9. The molecule has 1 aliphatic heterocycles. The van der Waals surface area contributed by atoms with Crippen molar-refractivity contribution in [3.05, 3.63) is 102 Å². The third kappa shape index (κ3) is 5.44. The number of benzene rings is 4. The van der Waals surface area contributed by atoms with Crippen molar-refractivity contribution in [1.29, 1.82) is 0 Å². The molecule has 0 radical (unpaired) electrons. The third-order valence-corrected chi connectivity index (χ3v) is 7.61. The summed E-state index contributed by atoms with van der Waals surface area (Å²) in [5, 5.41) is 9.54. The van der Waals surface area contributed by atoms with Crippen LogP contribution in [0.15, 0.2) is 89.8 Å². The number of carboxylic acid groups (broad SMARTS) is 1. The molecule has 0 aromatic heterocycles. The van der Waals surface area contributed by atoms with Gasteiger partial charge in [0.2, 0.25) is 0 Å². The Bertz CT molecular complexity index is 1460. The Labute approximate surface area is 225 Å². The second kappa shape index (κ2) is 11.0. The van der Waals surface area contributed by atoms with Crippen molar-refractivity contribution in [1.82, 2.24) is 4.72 Å². The lowest BCUT2D eigenvalue weighted by Gasteiger charge is -2.29. The van der Waals surface area contributed by atoms with Gasteiger partial charge in [0.25, 0.3) is 0 Å². The van der Waals surface area contributed by atoms with Gasteiger partial charge in [-0.2, -0.15) is 0 Å². The zero-order chi connectivity index (χ0) is 26.8. The highest BCUT2D eigenvalue weighted by atomic mass is 32.2. The Hall–Kier alpha value is -3.68. The Balaban J connectivity index is 1.73. The molecule has 4 aromatic carbocycles. The highest BCUT2D eigenvalue weighted by Crippen LogP contribution is 2.44. The molecule has 0 unspecified atom stereocenters. The van der Waals surface area contributed by atoms with E-state index in [-0.39, 0.29) is 11.9 Å². The van der Waals surface area contributed by atoms with Gasteiger partial charge in [-0.15, -0.1) is 0 Å². The minimum Gasteiger partial charge on any atom is -0.478 e. The zero-order valence-corrected chi connectivity index (χ0v) is 21.9. The topological polar surface area (TPSA) is 52.6 Å². The van der Waals surface area contributed by atoms with Crippen molar-refractivity contribution in [3.63, 3.8) is 0 Å². The number of anilines is 2. The monoisotopic (exact) mass is 530 g/mol. The quantitative estimate of drug-likeness (QED) is 0.246. The van der Waals surface area contributed by atoms with E-state index in [0.717, 1.165) is 45.9 Å². The van der Waals surface area contributed by atoms with Crippen molar-refractivity contribution >= 4 is 29.3 Å². The fourth-order valence-corrected chi connectivity index (χ4v) is 5.79. The van der Waals surface area contributed by atoms with Crippen LogP contribution in [0.1, 0.15) is 30.6 Å². The minimum absolute atomic E-state index is 0.217. The molecule has 4 aromatic rings. The van der Waals surface area contributed by atoms with Crippen LogP contribution in [0, 0.1) is 17.6 Å². The number of halogens is 2. The average Bonchev–Trinajstić information content (AvgIpc) is 3.08. The molecule has 0 saturated carbocycles. The lowest BCUT2D eigenvalue weighted by molar-refractivity contribution is 0.0692. The second-order valence-corrected chi connectivity index (χ2v) is 10.7. The molecule has 1 heterocycles. The summed E-state index contributed by atoms with van der Waals surface area (Å²) in [7, 11) is 0. The van der Waals surface area contributed by atoms with Gasteiger partial charge in [0.1, 0.15) is 11.6 Å². The van der Waals surface area contributed by atoms with Crippen LogP contribution in [0.25, 0.3) is 22.3 Å². The molecule has 0 fully saturated rings. The molecular weight excluding hydrogens is 502 g/mol. The van der Waals surface area contributed by atoms with E-state index in [9.17, 15) is 18.7 Å². The first-order chi connectivity index (χ1) is 18.3. The first kappa shape index (κ1) is 25.9. The van der Waals surface area contributed by atoms with Crippen LogP contribution >= 0.6 is 11.9 Å². The molecule has 0 amide bonds. The normalized spacial score (nSPS) is 15.3. The molecule has 0 spiro atoms. The minimum atomic E-state index is -1.33. The van der Waals surface area contributed by atoms with E-state index in [1.54, 1.807) is 30.1 Å². The predicted octanol–water partition coefficient (Wildman–Crippen LogP) is 8.16. The van der Waals surface area contributed by atoms with E-state index < -0.39 is 17.3 Å². The molecule has 1 aliphatic rings. The largest absolute Gasteiger partial charge is 0.478 e. The molecule has 5 rings (SSSR count). The van der Waals surface area contributed by atoms with Crippen LogP contribution < -0.4 is 9.62 Å². The Morgan fingerprint density at radius 2 is 1.66 bits per heavy atom. The van der Waals surface area contributed by atoms with E-state index >= 15 is 0 Å². The number of nitrogens with zero attached hydrogens (tertiary/aromatic N) is 1. The number of para-hydroxylation sites is 1. The number of fused-ring (bicyclic) bond motifs is 1. The molecule has 2 N–H and O–H groups in total. The predicted molar refractivity (Wildman–Crippen MR) is 150 cm³/mol. The van der Waals surface area contributed by atoms with Gasteiger partial charge in [-0.05, 0) is 95.1 Å². The van der Waals surface area contributed by atoms with E-state index in [1.165, 1.54) is 24.3 Å². The van der Waals surface area contributed by atoms with E-state index in [1.807, 2.05) is 24.3 Å². The van der Waals surface area contributed by atoms with Crippen molar-refractivity contribution in [2.24, 2.45) is 5.92 Å². The fraction of sp³-hybridized carbons (Fsp3) is 0.194. The zero-order valence-electron chi connectivity index (χ0n) is 21.1. The Morgan fingerprint density at radius 1 is 0.974 bits per heavy atom. The molecule has 4 nitrogen and oxygen atoms in total. The SMILES string of the molecule is CC(C)C[C@@H]1CN(c2ccccc2)c2cc(-c3ccc(F)cc3)c(-c3ccc(F)c(C(=O)O)c3)cc2SN1. The van der Waals surface area contributed by atoms with Crippen LogP contribution in [0.2, 0.25) is 0 Å². The number of carboxylic acids is 1. The Kier molecular flexibility index (Phi) is 7.49. The molecule has 194 valence electrons. The van der Waals surface area contributed by atoms with Gasteiger partial charge in [0.05, 0.1) is 11.3 Å². The van der Waals surface area contributed by atoms with Crippen molar-refractivity contribution in [2.45, 2.75) is 31.2 Å². The van der Waals surface area contributed by atoms with E-state index in [4.69, 9.17) is 0 Å². The second-order valence-electron chi connectivity index (χ2n) is 9.86. The van der Waals surface area contributed by atoms with Gasteiger partial charge in [0, 0.05) is 23.2 Å². The van der Waals surface area contributed by atoms with Crippen LogP contribution in [0.3, 0.4) is 0 Å².